The van der Waals surface area contributed by atoms with E-state index in [1.807, 2.05) is 7.05 Å². The molecule has 0 amide bonds. The van der Waals surface area contributed by atoms with E-state index in [4.69, 9.17) is 0 Å². The van der Waals surface area contributed by atoms with E-state index in [2.05, 4.69) is 22.0 Å². The number of carbonyl (C=O) groups is 1. The molecule has 2 atom stereocenters. The minimum atomic E-state index is -0.725. The molecule has 1 aliphatic heterocycles. The molecule has 0 aromatic heterocycles. The molecule has 0 radical (unpaired) electrons. The Labute approximate surface area is 115 Å². The number of carboxylic acids is 1. The Hall–Kier alpha value is -0.650. The second-order valence-corrected chi connectivity index (χ2v) is 5.98. The first-order valence-corrected chi connectivity index (χ1v) is 7.51. The molecule has 1 aliphatic carbocycles. The van der Waals surface area contributed by atoms with Crippen LogP contribution in [0.1, 0.15) is 32.6 Å². The van der Waals surface area contributed by atoms with Crippen LogP contribution in [0.15, 0.2) is 0 Å². The molecule has 19 heavy (non-hydrogen) atoms. The molecule has 0 spiro atoms. The zero-order valence-corrected chi connectivity index (χ0v) is 12.1. The predicted molar refractivity (Wildman–Crippen MR) is 75.3 cm³/mol. The third-order valence-corrected chi connectivity index (χ3v) is 4.23. The first-order chi connectivity index (χ1) is 9.10. The molecule has 2 fully saturated rings. The first kappa shape index (κ1) is 14.8. The Morgan fingerprint density at radius 3 is 2.79 bits per heavy atom. The van der Waals surface area contributed by atoms with Crippen molar-refractivity contribution >= 4 is 5.97 Å². The lowest BCUT2D eigenvalue weighted by Gasteiger charge is -2.29. The third-order valence-electron chi connectivity index (χ3n) is 4.23. The molecular formula is C14H27N3O2. The van der Waals surface area contributed by atoms with Gasteiger partial charge in [-0.05, 0) is 45.8 Å². The summed E-state index contributed by atoms with van der Waals surface area (Å²) in [5.41, 5.74) is 0. The maximum Gasteiger partial charge on any atom is 0.322 e. The van der Waals surface area contributed by atoms with Gasteiger partial charge in [0.1, 0.15) is 6.04 Å². The van der Waals surface area contributed by atoms with E-state index in [1.54, 1.807) is 0 Å². The number of carboxylic acid groups (broad SMARTS) is 1. The topological polar surface area (TPSA) is 55.8 Å². The lowest BCUT2D eigenvalue weighted by Crippen LogP contribution is -2.48. The van der Waals surface area contributed by atoms with Gasteiger partial charge in [0.15, 0.2) is 0 Å². The molecule has 2 aliphatic rings. The van der Waals surface area contributed by atoms with Gasteiger partial charge in [0.25, 0.3) is 0 Å². The summed E-state index contributed by atoms with van der Waals surface area (Å²) in [6, 6.07) is 0.618. The van der Waals surface area contributed by atoms with Crippen LogP contribution in [-0.4, -0.2) is 72.2 Å². The molecule has 2 rings (SSSR count). The summed E-state index contributed by atoms with van der Waals surface area (Å²) >= 11 is 0. The van der Waals surface area contributed by atoms with E-state index in [-0.39, 0.29) is 0 Å². The van der Waals surface area contributed by atoms with Crippen LogP contribution < -0.4 is 5.32 Å². The van der Waals surface area contributed by atoms with Crippen LogP contribution in [-0.2, 0) is 4.79 Å². The van der Waals surface area contributed by atoms with Crippen molar-refractivity contribution in [2.24, 2.45) is 0 Å². The van der Waals surface area contributed by atoms with E-state index in [9.17, 15) is 9.90 Å². The van der Waals surface area contributed by atoms with E-state index in [0.29, 0.717) is 18.6 Å². The molecule has 1 saturated carbocycles. The lowest BCUT2D eigenvalue weighted by atomic mass is 10.2. The highest BCUT2D eigenvalue weighted by Gasteiger charge is 2.30. The van der Waals surface area contributed by atoms with Crippen molar-refractivity contribution in [3.8, 4) is 0 Å². The number of nitrogens with zero attached hydrogens (tertiary/aromatic N) is 2. The molecule has 0 aromatic carbocycles. The monoisotopic (exact) mass is 269 g/mol. The summed E-state index contributed by atoms with van der Waals surface area (Å²) in [5, 5.41) is 12.5. The van der Waals surface area contributed by atoms with Gasteiger partial charge in [-0.2, -0.15) is 0 Å². The fourth-order valence-corrected chi connectivity index (χ4v) is 3.00. The number of likely N-dealkylation sites (tertiary alicyclic amines) is 1. The third kappa shape index (κ3) is 4.44. The quantitative estimate of drug-likeness (QED) is 0.676. The van der Waals surface area contributed by atoms with Crippen molar-refractivity contribution in [2.45, 2.75) is 50.7 Å². The van der Waals surface area contributed by atoms with Crippen LogP contribution >= 0.6 is 0 Å². The zero-order chi connectivity index (χ0) is 13.8. The van der Waals surface area contributed by atoms with Crippen molar-refractivity contribution in [3.63, 3.8) is 0 Å². The van der Waals surface area contributed by atoms with Crippen LogP contribution in [0, 0.1) is 0 Å². The summed E-state index contributed by atoms with van der Waals surface area (Å²) < 4.78 is 0. The molecule has 5 nitrogen and oxygen atoms in total. The average Bonchev–Trinajstić information content (AvgIpc) is 3.06. The molecule has 2 unspecified atom stereocenters. The maximum atomic E-state index is 11.3. The van der Waals surface area contributed by atoms with Gasteiger partial charge in [-0.25, -0.2) is 0 Å². The molecule has 0 aromatic rings. The maximum absolute atomic E-state index is 11.3. The fraction of sp³-hybridized carbons (Fsp3) is 0.929. The molecule has 1 saturated heterocycles. The van der Waals surface area contributed by atoms with Gasteiger partial charge < -0.3 is 15.3 Å². The van der Waals surface area contributed by atoms with Crippen molar-refractivity contribution in [3.05, 3.63) is 0 Å². The Bertz CT molecular complexity index is 307. The highest BCUT2D eigenvalue weighted by Crippen LogP contribution is 2.20. The van der Waals surface area contributed by atoms with Crippen LogP contribution in [0.25, 0.3) is 0 Å². The van der Waals surface area contributed by atoms with E-state index in [1.165, 1.54) is 19.4 Å². The van der Waals surface area contributed by atoms with E-state index >= 15 is 0 Å². The molecule has 2 N–H and O–H groups in total. The highest BCUT2D eigenvalue weighted by molar-refractivity contribution is 5.73. The second-order valence-electron chi connectivity index (χ2n) is 5.98. The number of nitrogens with one attached hydrogen (secondary N) is 1. The highest BCUT2D eigenvalue weighted by atomic mass is 16.4. The fourth-order valence-electron chi connectivity index (χ4n) is 3.00. The first-order valence-electron chi connectivity index (χ1n) is 7.51. The summed E-state index contributed by atoms with van der Waals surface area (Å²) in [6.45, 7) is 6.07. The summed E-state index contributed by atoms with van der Waals surface area (Å²) in [4.78, 5) is 15.9. The van der Waals surface area contributed by atoms with Gasteiger partial charge in [-0.3, -0.25) is 9.69 Å². The smallest absolute Gasteiger partial charge is 0.322 e. The van der Waals surface area contributed by atoms with Gasteiger partial charge in [-0.1, -0.05) is 6.92 Å². The number of aliphatic carboxylic acids is 1. The summed E-state index contributed by atoms with van der Waals surface area (Å²) in [5.74, 6) is -0.725. The van der Waals surface area contributed by atoms with E-state index in [0.717, 1.165) is 25.9 Å². The Morgan fingerprint density at radius 1 is 1.47 bits per heavy atom. The van der Waals surface area contributed by atoms with Crippen molar-refractivity contribution in [2.75, 3.05) is 33.2 Å². The zero-order valence-electron chi connectivity index (χ0n) is 12.1. The predicted octanol–water partition coefficient (Wildman–Crippen LogP) is 0.608. The van der Waals surface area contributed by atoms with Crippen LogP contribution in [0.5, 0.6) is 0 Å². The SMILES string of the molecule is CCN1CCCC1CN(C)CC(NC1CC1)C(=O)O. The Kier molecular flexibility index (Phi) is 5.19. The number of hydrogen-bond acceptors (Lipinski definition) is 4. The summed E-state index contributed by atoms with van der Waals surface area (Å²) in [7, 11) is 2.04. The molecule has 1 heterocycles. The van der Waals surface area contributed by atoms with Crippen molar-refractivity contribution in [1.29, 1.82) is 0 Å². The number of likely N-dealkylation sites (N-methyl/N-ethyl adjacent to an activating group) is 2. The van der Waals surface area contributed by atoms with Gasteiger partial charge >= 0.3 is 5.97 Å². The Balaban J connectivity index is 1.77. The van der Waals surface area contributed by atoms with Crippen molar-refractivity contribution in [1.82, 2.24) is 15.1 Å². The number of hydrogen-bond donors (Lipinski definition) is 2. The largest absolute Gasteiger partial charge is 0.480 e. The van der Waals surface area contributed by atoms with Crippen LogP contribution in [0.2, 0.25) is 0 Å². The van der Waals surface area contributed by atoms with Crippen LogP contribution in [0.3, 0.4) is 0 Å². The summed E-state index contributed by atoms with van der Waals surface area (Å²) in [6.07, 6.45) is 4.76. The second kappa shape index (κ2) is 6.68. The van der Waals surface area contributed by atoms with Gasteiger partial charge in [0.2, 0.25) is 0 Å². The lowest BCUT2D eigenvalue weighted by molar-refractivity contribution is -0.140. The Morgan fingerprint density at radius 2 is 2.21 bits per heavy atom. The standard InChI is InChI=1S/C14H27N3O2/c1-3-17-8-4-5-12(17)9-16(2)10-13(14(18)19)15-11-6-7-11/h11-13,15H,3-10H2,1-2H3,(H,18,19). The average molecular weight is 269 g/mol. The normalized spacial score (nSPS) is 25.9. The molecular weight excluding hydrogens is 242 g/mol. The van der Waals surface area contributed by atoms with Gasteiger partial charge in [0, 0.05) is 25.2 Å². The van der Waals surface area contributed by atoms with E-state index < -0.39 is 12.0 Å². The number of rotatable bonds is 8. The van der Waals surface area contributed by atoms with Crippen LogP contribution in [0.4, 0.5) is 0 Å². The van der Waals surface area contributed by atoms with Gasteiger partial charge in [0.05, 0.1) is 0 Å². The molecule has 0 bridgehead atoms. The molecule has 5 heteroatoms. The van der Waals surface area contributed by atoms with Crippen molar-refractivity contribution < 1.29 is 9.90 Å². The molecule has 110 valence electrons. The minimum absolute atomic E-state index is 0.422. The minimum Gasteiger partial charge on any atom is -0.480 e. The van der Waals surface area contributed by atoms with Gasteiger partial charge in [-0.15, -0.1) is 0 Å².